The van der Waals surface area contributed by atoms with Gasteiger partial charge in [-0.2, -0.15) is 0 Å². The van der Waals surface area contributed by atoms with Crippen molar-refractivity contribution in [2.45, 2.75) is 51.9 Å². The van der Waals surface area contributed by atoms with E-state index in [1.165, 1.54) is 57.6 Å². The van der Waals surface area contributed by atoms with Gasteiger partial charge in [-0.15, -0.1) is 0 Å². The Hall–Kier alpha value is -1.09. The quantitative estimate of drug-likeness (QED) is 0.727. The summed E-state index contributed by atoms with van der Waals surface area (Å²) in [5, 5.41) is 0. The largest absolute Gasteiger partial charge is 0.369 e. The number of anilines is 1. The van der Waals surface area contributed by atoms with E-state index >= 15 is 0 Å². The maximum atomic E-state index is 13.4. The van der Waals surface area contributed by atoms with Gasteiger partial charge in [0.1, 0.15) is 5.82 Å². The van der Waals surface area contributed by atoms with Crippen LogP contribution in [0.15, 0.2) is 24.3 Å². The van der Waals surface area contributed by atoms with Gasteiger partial charge in [-0.3, -0.25) is 4.90 Å². The average Bonchev–Trinajstić information content (AvgIpc) is 2.62. The van der Waals surface area contributed by atoms with Gasteiger partial charge in [0.05, 0.1) is 0 Å². The van der Waals surface area contributed by atoms with Gasteiger partial charge < -0.3 is 4.90 Å². The van der Waals surface area contributed by atoms with Gasteiger partial charge >= 0.3 is 0 Å². The summed E-state index contributed by atoms with van der Waals surface area (Å²) in [5.41, 5.74) is 1.03. The Morgan fingerprint density at radius 2 is 1.62 bits per heavy atom. The molecule has 1 aromatic carbocycles. The van der Waals surface area contributed by atoms with E-state index in [4.69, 9.17) is 0 Å². The van der Waals surface area contributed by atoms with Gasteiger partial charge in [-0.05, 0) is 43.0 Å². The summed E-state index contributed by atoms with van der Waals surface area (Å²) in [7, 11) is 0. The van der Waals surface area contributed by atoms with Gasteiger partial charge in [0.25, 0.3) is 0 Å². The Morgan fingerprint density at radius 1 is 0.958 bits per heavy atom. The highest BCUT2D eigenvalue weighted by atomic mass is 19.1. The minimum absolute atomic E-state index is 0.131. The Labute approximate surface area is 147 Å². The van der Waals surface area contributed by atoms with Gasteiger partial charge in [-0.25, -0.2) is 4.39 Å². The first-order valence-electron chi connectivity index (χ1n) is 9.97. The lowest BCUT2D eigenvalue weighted by Gasteiger charge is -2.37. The molecule has 1 heterocycles. The molecule has 24 heavy (non-hydrogen) atoms. The molecule has 1 aliphatic carbocycles. The number of benzene rings is 1. The molecule has 1 saturated carbocycles. The maximum Gasteiger partial charge on any atom is 0.125 e. The van der Waals surface area contributed by atoms with Crippen molar-refractivity contribution in [3.63, 3.8) is 0 Å². The first-order chi connectivity index (χ1) is 11.7. The fourth-order valence-electron chi connectivity index (χ4n) is 4.48. The van der Waals surface area contributed by atoms with E-state index in [9.17, 15) is 4.39 Å². The van der Waals surface area contributed by atoms with Gasteiger partial charge in [0.15, 0.2) is 0 Å². The second-order valence-corrected chi connectivity index (χ2v) is 7.77. The summed E-state index contributed by atoms with van der Waals surface area (Å²) in [5.74, 6) is 1.84. The van der Waals surface area contributed by atoms with E-state index in [0.717, 1.165) is 43.7 Å². The third kappa shape index (κ3) is 4.95. The molecule has 2 aliphatic rings. The van der Waals surface area contributed by atoms with Crippen molar-refractivity contribution in [3.05, 3.63) is 30.1 Å². The molecule has 0 spiro atoms. The Balaban J connectivity index is 1.36. The van der Waals surface area contributed by atoms with E-state index in [0.29, 0.717) is 0 Å². The molecule has 0 bridgehead atoms. The van der Waals surface area contributed by atoms with Crippen molar-refractivity contribution in [3.8, 4) is 0 Å². The fourth-order valence-corrected chi connectivity index (χ4v) is 4.48. The van der Waals surface area contributed by atoms with Crippen molar-refractivity contribution in [1.29, 1.82) is 0 Å². The molecule has 1 aliphatic heterocycles. The molecule has 0 aromatic heterocycles. The molecular formula is C21H33FN2. The smallest absolute Gasteiger partial charge is 0.125 e. The second kappa shape index (κ2) is 8.84. The number of rotatable bonds is 6. The molecule has 0 N–H and O–H groups in total. The van der Waals surface area contributed by atoms with Crippen LogP contribution in [0.4, 0.5) is 10.1 Å². The summed E-state index contributed by atoms with van der Waals surface area (Å²) in [4.78, 5) is 4.92. The molecule has 0 atom stereocenters. The van der Waals surface area contributed by atoms with Crippen LogP contribution in [-0.2, 0) is 0 Å². The predicted octanol–water partition coefficient (Wildman–Crippen LogP) is 4.94. The van der Waals surface area contributed by atoms with Crippen molar-refractivity contribution < 1.29 is 4.39 Å². The van der Waals surface area contributed by atoms with E-state index in [-0.39, 0.29) is 5.82 Å². The minimum atomic E-state index is -0.131. The summed E-state index contributed by atoms with van der Waals surface area (Å²) in [6, 6.07) is 7.01. The summed E-state index contributed by atoms with van der Waals surface area (Å²) >= 11 is 0. The molecule has 2 nitrogen and oxygen atoms in total. The molecular weight excluding hydrogens is 299 g/mol. The van der Waals surface area contributed by atoms with E-state index in [2.05, 4.69) is 16.7 Å². The van der Waals surface area contributed by atoms with Crippen LogP contribution in [0.3, 0.4) is 0 Å². The SMILES string of the molecule is CCCC1CCC(CCN2CCN(c3cccc(F)c3)CC2)CC1. The fraction of sp³-hybridized carbons (Fsp3) is 0.714. The van der Waals surface area contributed by atoms with Crippen LogP contribution in [0.5, 0.6) is 0 Å². The first-order valence-corrected chi connectivity index (χ1v) is 9.97. The summed E-state index contributed by atoms with van der Waals surface area (Å²) in [6.45, 7) is 7.83. The summed E-state index contributed by atoms with van der Waals surface area (Å²) < 4.78 is 13.4. The van der Waals surface area contributed by atoms with Crippen LogP contribution in [-0.4, -0.2) is 37.6 Å². The first kappa shape index (κ1) is 17.7. The molecule has 0 radical (unpaired) electrons. The third-order valence-corrected chi connectivity index (χ3v) is 6.06. The molecule has 134 valence electrons. The molecule has 0 amide bonds. The van der Waals surface area contributed by atoms with Crippen LogP contribution in [0.25, 0.3) is 0 Å². The van der Waals surface area contributed by atoms with Gasteiger partial charge in [0, 0.05) is 31.9 Å². The number of hydrogen-bond acceptors (Lipinski definition) is 2. The number of halogens is 1. The van der Waals surface area contributed by atoms with Crippen molar-refractivity contribution in [2.24, 2.45) is 11.8 Å². The minimum Gasteiger partial charge on any atom is -0.369 e. The average molecular weight is 333 g/mol. The highest BCUT2D eigenvalue weighted by Crippen LogP contribution is 2.33. The zero-order valence-electron chi connectivity index (χ0n) is 15.2. The molecule has 2 fully saturated rings. The third-order valence-electron chi connectivity index (χ3n) is 6.06. The highest BCUT2D eigenvalue weighted by molar-refractivity contribution is 5.46. The lowest BCUT2D eigenvalue weighted by atomic mass is 9.79. The zero-order valence-corrected chi connectivity index (χ0v) is 15.2. The lowest BCUT2D eigenvalue weighted by molar-refractivity contribution is 0.200. The summed E-state index contributed by atoms with van der Waals surface area (Å²) in [6.07, 6.45) is 10.00. The van der Waals surface area contributed by atoms with Crippen LogP contribution in [0.2, 0.25) is 0 Å². The lowest BCUT2D eigenvalue weighted by Crippen LogP contribution is -2.47. The molecule has 0 unspecified atom stereocenters. The number of nitrogens with zero attached hydrogens (tertiary/aromatic N) is 2. The normalized spacial score (nSPS) is 25.8. The van der Waals surface area contributed by atoms with Crippen LogP contribution < -0.4 is 4.90 Å². The van der Waals surface area contributed by atoms with Crippen LogP contribution in [0.1, 0.15) is 51.9 Å². The molecule has 3 rings (SSSR count). The number of piperazine rings is 1. The van der Waals surface area contributed by atoms with Crippen molar-refractivity contribution in [1.82, 2.24) is 4.90 Å². The standard InChI is InChI=1S/C21H33FN2/c1-2-4-18-7-9-19(10-8-18)11-12-23-13-15-24(16-14-23)21-6-3-5-20(22)17-21/h3,5-6,17-19H,2,4,7-16H2,1H3. The molecule has 3 heteroatoms. The van der Waals surface area contributed by atoms with Crippen LogP contribution in [0, 0.1) is 17.7 Å². The Bertz CT molecular complexity index is 488. The van der Waals surface area contributed by atoms with Crippen molar-refractivity contribution in [2.75, 3.05) is 37.6 Å². The van der Waals surface area contributed by atoms with Crippen LogP contribution >= 0.6 is 0 Å². The molecule has 1 aromatic rings. The van der Waals surface area contributed by atoms with Gasteiger partial charge in [-0.1, -0.05) is 51.5 Å². The molecule has 1 saturated heterocycles. The second-order valence-electron chi connectivity index (χ2n) is 7.77. The van der Waals surface area contributed by atoms with Gasteiger partial charge in [0.2, 0.25) is 0 Å². The maximum absolute atomic E-state index is 13.4. The Kier molecular flexibility index (Phi) is 6.53. The number of hydrogen-bond donors (Lipinski definition) is 0. The topological polar surface area (TPSA) is 6.48 Å². The van der Waals surface area contributed by atoms with Crippen molar-refractivity contribution >= 4 is 5.69 Å². The highest BCUT2D eigenvalue weighted by Gasteiger charge is 2.22. The van der Waals surface area contributed by atoms with E-state index in [1.807, 2.05) is 12.1 Å². The zero-order chi connectivity index (χ0) is 16.8. The predicted molar refractivity (Wildman–Crippen MR) is 100 cm³/mol. The van der Waals surface area contributed by atoms with E-state index < -0.39 is 0 Å². The monoisotopic (exact) mass is 332 g/mol. The Morgan fingerprint density at radius 3 is 2.25 bits per heavy atom. The van der Waals surface area contributed by atoms with E-state index in [1.54, 1.807) is 6.07 Å².